The zero-order chi connectivity index (χ0) is 18.9. The summed E-state index contributed by atoms with van der Waals surface area (Å²) in [5.74, 6) is 0.694. The Morgan fingerprint density at radius 2 is 1.88 bits per heavy atom. The minimum atomic E-state index is -4.53. The van der Waals surface area contributed by atoms with Gasteiger partial charge in [0.05, 0.1) is 28.8 Å². The van der Waals surface area contributed by atoms with Crippen molar-refractivity contribution in [2.75, 3.05) is 19.0 Å². The lowest BCUT2D eigenvalue weighted by molar-refractivity contribution is -0.137. The number of aromatic nitrogens is 3. The Labute approximate surface area is 161 Å². The zero-order valence-corrected chi connectivity index (χ0v) is 16.0. The molecule has 0 bridgehead atoms. The highest BCUT2D eigenvalue weighted by atomic mass is 127. The van der Waals surface area contributed by atoms with E-state index in [1.807, 2.05) is 22.6 Å². The van der Waals surface area contributed by atoms with Crippen molar-refractivity contribution < 1.29 is 17.9 Å². The first kappa shape index (κ1) is 18.6. The fourth-order valence-electron chi connectivity index (χ4n) is 2.62. The van der Waals surface area contributed by atoms with Crippen LogP contribution in [0.4, 0.5) is 19.0 Å². The van der Waals surface area contributed by atoms with Crippen LogP contribution in [0.1, 0.15) is 12.5 Å². The molecule has 0 fully saturated rings. The minimum absolute atomic E-state index is 0.0941. The SMILES string of the molecule is CCOc1cccc(C(F)(F)F)c1-c1ccc2c(NC)nc(I)nc2n1. The molecular formula is C17H14F3IN4O. The van der Waals surface area contributed by atoms with Crippen LogP contribution >= 0.6 is 22.6 Å². The minimum Gasteiger partial charge on any atom is -0.493 e. The third-order valence-corrected chi connectivity index (χ3v) is 4.14. The van der Waals surface area contributed by atoms with E-state index < -0.39 is 11.7 Å². The average molecular weight is 474 g/mol. The van der Waals surface area contributed by atoms with Crippen molar-refractivity contribution in [2.45, 2.75) is 13.1 Å². The lowest BCUT2D eigenvalue weighted by Crippen LogP contribution is -2.09. The molecule has 5 nitrogen and oxygen atoms in total. The molecule has 3 rings (SSSR count). The molecule has 0 radical (unpaired) electrons. The highest BCUT2D eigenvalue weighted by molar-refractivity contribution is 14.1. The summed E-state index contributed by atoms with van der Waals surface area (Å²) in [5, 5.41) is 3.56. The van der Waals surface area contributed by atoms with Crippen LogP contribution in [0, 0.1) is 3.83 Å². The lowest BCUT2D eigenvalue weighted by atomic mass is 10.0. The van der Waals surface area contributed by atoms with Crippen molar-refractivity contribution in [3.05, 3.63) is 39.7 Å². The molecule has 0 amide bonds. The summed E-state index contributed by atoms with van der Waals surface area (Å²) in [6.45, 7) is 1.96. The smallest absolute Gasteiger partial charge is 0.417 e. The molecule has 0 aliphatic heterocycles. The van der Waals surface area contributed by atoms with Crippen molar-refractivity contribution >= 4 is 39.4 Å². The monoisotopic (exact) mass is 474 g/mol. The van der Waals surface area contributed by atoms with Gasteiger partial charge in [0.25, 0.3) is 0 Å². The van der Waals surface area contributed by atoms with Gasteiger partial charge >= 0.3 is 6.18 Å². The number of fused-ring (bicyclic) bond motifs is 1. The van der Waals surface area contributed by atoms with Crippen LogP contribution in [0.15, 0.2) is 30.3 Å². The molecule has 0 aliphatic rings. The largest absolute Gasteiger partial charge is 0.493 e. The number of alkyl halides is 3. The summed E-state index contributed by atoms with van der Waals surface area (Å²) < 4.78 is 46.5. The van der Waals surface area contributed by atoms with Crippen LogP contribution in [-0.4, -0.2) is 28.6 Å². The molecule has 0 saturated heterocycles. The number of hydrogen-bond donors (Lipinski definition) is 1. The van der Waals surface area contributed by atoms with Gasteiger partial charge < -0.3 is 10.1 Å². The van der Waals surface area contributed by atoms with Crippen LogP contribution in [-0.2, 0) is 6.18 Å². The summed E-state index contributed by atoms with van der Waals surface area (Å²) in [5.41, 5.74) is -0.438. The maximum Gasteiger partial charge on any atom is 0.417 e. The van der Waals surface area contributed by atoms with E-state index in [1.54, 1.807) is 20.0 Å². The van der Waals surface area contributed by atoms with E-state index in [9.17, 15) is 13.2 Å². The highest BCUT2D eigenvalue weighted by Crippen LogP contribution is 2.42. The molecule has 9 heteroatoms. The Morgan fingerprint density at radius 3 is 2.54 bits per heavy atom. The number of nitrogens with zero attached hydrogens (tertiary/aromatic N) is 3. The van der Waals surface area contributed by atoms with Gasteiger partial charge in [0.15, 0.2) is 9.48 Å². The van der Waals surface area contributed by atoms with Crippen LogP contribution in [0.5, 0.6) is 5.75 Å². The lowest BCUT2D eigenvalue weighted by Gasteiger charge is -2.17. The van der Waals surface area contributed by atoms with Gasteiger partial charge in [-0.2, -0.15) is 13.2 Å². The molecule has 1 N–H and O–H groups in total. The average Bonchev–Trinajstić information content (AvgIpc) is 2.59. The van der Waals surface area contributed by atoms with Gasteiger partial charge in [0.1, 0.15) is 11.6 Å². The molecule has 0 saturated carbocycles. The van der Waals surface area contributed by atoms with Crippen LogP contribution in [0.2, 0.25) is 0 Å². The molecule has 2 heterocycles. The van der Waals surface area contributed by atoms with E-state index in [2.05, 4.69) is 20.3 Å². The van der Waals surface area contributed by atoms with Crippen molar-refractivity contribution in [1.82, 2.24) is 15.0 Å². The fourth-order valence-corrected chi connectivity index (χ4v) is 3.09. The first-order valence-corrected chi connectivity index (χ1v) is 8.78. The third-order valence-electron chi connectivity index (χ3n) is 3.66. The van der Waals surface area contributed by atoms with E-state index >= 15 is 0 Å². The van der Waals surface area contributed by atoms with Crippen molar-refractivity contribution in [3.63, 3.8) is 0 Å². The number of pyridine rings is 1. The number of ether oxygens (including phenoxy) is 1. The molecule has 0 aliphatic carbocycles. The topological polar surface area (TPSA) is 59.9 Å². The Kier molecular flexibility index (Phi) is 5.17. The number of rotatable bonds is 4. The summed E-state index contributed by atoms with van der Waals surface area (Å²) in [4.78, 5) is 12.8. The van der Waals surface area contributed by atoms with Gasteiger partial charge in [0.2, 0.25) is 0 Å². The third kappa shape index (κ3) is 3.53. The second-order valence-corrected chi connectivity index (χ2v) is 6.23. The fraction of sp³-hybridized carbons (Fsp3) is 0.235. The van der Waals surface area contributed by atoms with Crippen LogP contribution in [0.3, 0.4) is 0 Å². The normalized spacial score (nSPS) is 11.6. The molecule has 2 aromatic heterocycles. The number of nitrogens with one attached hydrogen (secondary N) is 1. The second kappa shape index (κ2) is 7.22. The standard InChI is InChI=1S/C17H14F3IN4O/c1-3-26-12-6-4-5-10(17(18,19)20)13(12)11-8-7-9-14(22-2)24-16(21)25-15(9)23-11/h4-8H,3H2,1-2H3,(H,22,23,24,25). The second-order valence-electron chi connectivity index (χ2n) is 5.27. The number of anilines is 1. The summed E-state index contributed by atoms with van der Waals surface area (Å²) in [6, 6.07) is 7.02. The number of benzene rings is 1. The van der Waals surface area contributed by atoms with Crippen molar-refractivity contribution in [3.8, 4) is 17.0 Å². The predicted octanol–water partition coefficient (Wildman–Crippen LogP) is 4.76. The number of hydrogen-bond acceptors (Lipinski definition) is 5. The van der Waals surface area contributed by atoms with E-state index in [0.717, 1.165) is 6.07 Å². The Bertz CT molecular complexity index is 963. The zero-order valence-electron chi connectivity index (χ0n) is 13.9. The van der Waals surface area contributed by atoms with Crippen LogP contribution in [0.25, 0.3) is 22.3 Å². The van der Waals surface area contributed by atoms with Crippen molar-refractivity contribution in [2.24, 2.45) is 0 Å². The summed E-state index contributed by atoms with van der Waals surface area (Å²) in [7, 11) is 1.71. The molecule has 26 heavy (non-hydrogen) atoms. The maximum absolute atomic E-state index is 13.5. The molecular weight excluding hydrogens is 460 g/mol. The van der Waals surface area contributed by atoms with E-state index in [-0.39, 0.29) is 23.6 Å². The molecule has 136 valence electrons. The molecule has 0 spiro atoms. The van der Waals surface area contributed by atoms with Crippen molar-refractivity contribution in [1.29, 1.82) is 0 Å². The van der Waals surface area contributed by atoms with Gasteiger partial charge in [-0.25, -0.2) is 15.0 Å². The molecule has 0 atom stereocenters. The molecule has 0 unspecified atom stereocenters. The summed E-state index contributed by atoms with van der Waals surface area (Å²) >= 11 is 1.94. The van der Waals surface area contributed by atoms with Gasteiger partial charge in [-0.3, -0.25) is 0 Å². The first-order chi connectivity index (χ1) is 12.3. The van der Waals surface area contributed by atoms with E-state index in [1.165, 1.54) is 18.2 Å². The molecule has 1 aromatic carbocycles. The highest BCUT2D eigenvalue weighted by Gasteiger charge is 2.35. The number of halogens is 4. The molecule has 3 aromatic rings. The Balaban J connectivity index is 2.29. The maximum atomic E-state index is 13.5. The van der Waals surface area contributed by atoms with Gasteiger partial charge in [-0.1, -0.05) is 6.07 Å². The van der Waals surface area contributed by atoms with Gasteiger partial charge in [-0.05, 0) is 31.2 Å². The van der Waals surface area contributed by atoms with Crippen LogP contribution < -0.4 is 10.1 Å². The Hall–Kier alpha value is -2.17. The predicted molar refractivity (Wildman–Crippen MR) is 101 cm³/mol. The first-order valence-electron chi connectivity index (χ1n) is 7.70. The Morgan fingerprint density at radius 1 is 1.12 bits per heavy atom. The summed E-state index contributed by atoms with van der Waals surface area (Å²) in [6.07, 6.45) is -4.53. The van der Waals surface area contributed by atoms with E-state index in [0.29, 0.717) is 20.7 Å². The quantitative estimate of drug-likeness (QED) is 0.437. The van der Waals surface area contributed by atoms with Gasteiger partial charge in [0, 0.05) is 29.6 Å². The van der Waals surface area contributed by atoms with E-state index in [4.69, 9.17) is 4.74 Å². The van der Waals surface area contributed by atoms with Gasteiger partial charge in [-0.15, -0.1) is 0 Å².